The number of nitrogens with zero attached hydrogens (tertiary/aromatic N) is 2. The van der Waals surface area contributed by atoms with Crippen LogP contribution in [0.25, 0.3) is 0 Å². The van der Waals surface area contributed by atoms with Crippen molar-refractivity contribution >= 4 is 11.7 Å². The molecule has 4 nitrogen and oxygen atoms in total. The van der Waals surface area contributed by atoms with Gasteiger partial charge in [0, 0.05) is 24.8 Å². The zero-order valence-corrected chi connectivity index (χ0v) is 14.1. The van der Waals surface area contributed by atoms with E-state index >= 15 is 0 Å². The fourth-order valence-electron chi connectivity index (χ4n) is 3.46. The van der Waals surface area contributed by atoms with E-state index in [0.717, 1.165) is 30.8 Å². The summed E-state index contributed by atoms with van der Waals surface area (Å²) in [6, 6.07) is 11.0. The van der Waals surface area contributed by atoms with Crippen LogP contribution in [0.4, 0.5) is 10.2 Å². The molecule has 0 bridgehead atoms. The Labute approximate surface area is 147 Å². The minimum atomic E-state index is -0.226. The lowest BCUT2D eigenvalue weighted by atomic mass is 10.0. The van der Waals surface area contributed by atoms with Crippen LogP contribution in [-0.2, 0) is 6.42 Å². The highest BCUT2D eigenvalue weighted by molar-refractivity contribution is 5.94. The summed E-state index contributed by atoms with van der Waals surface area (Å²) in [6.45, 7) is 0.751. The Balaban J connectivity index is 1.44. The molecular formula is C20H22FN3O. The van der Waals surface area contributed by atoms with E-state index in [4.69, 9.17) is 0 Å². The first-order valence-corrected chi connectivity index (χ1v) is 8.97. The summed E-state index contributed by atoms with van der Waals surface area (Å²) in [4.78, 5) is 19.1. The normalized spacial score (nSPS) is 19.9. The number of nitrogens with one attached hydrogen (secondary N) is 1. The van der Waals surface area contributed by atoms with Gasteiger partial charge >= 0.3 is 0 Å². The highest BCUT2D eigenvalue weighted by Crippen LogP contribution is 2.25. The molecule has 2 heterocycles. The molecule has 0 radical (unpaired) electrons. The molecule has 1 aromatic carbocycles. The number of amides is 1. The van der Waals surface area contributed by atoms with E-state index in [1.54, 1.807) is 18.3 Å². The van der Waals surface area contributed by atoms with Crippen molar-refractivity contribution in [2.45, 2.75) is 44.2 Å². The second kappa shape index (κ2) is 6.82. The van der Waals surface area contributed by atoms with E-state index in [1.807, 2.05) is 23.1 Å². The lowest BCUT2D eigenvalue weighted by Crippen LogP contribution is -2.36. The van der Waals surface area contributed by atoms with E-state index in [9.17, 15) is 9.18 Å². The first-order chi connectivity index (χ1) is 12.2. The Hall–Kier alpha value is -2.43. The number of rotatable bonds is 5. The highest BCUT2D eigenvalue weighted by Gasteiger charge is 2.30. The molecule has 1 aliphatic carbocycles. The average Bonchev–Trinajstić information content (AvgIpc) is 3.31. The summed E-state index contributed by atoms with van der Waals surface area (Å²) in [5.41, 5.74) is 1.55. The lowest BCUT2D eigenvalue weighted by Gasteiger charge is -2.25. The van der Waals surface area contributed by atoms with Crippen LogP contribution in [0.2, 0.25) is 0 Å². The SMILES string of the molecule is O=C(c1ccc(NC2CC2)nc1)N1CCC[C@@H]1Cc1cccc(F)c1. The first kappa shape index (κ1) is 16.1. The van der Waals surface area contributed by atoms with Crippen LogP contribution in [0.15, 0.2) is 42.6 Å². The lowest BCUT2D eigenvalue weighted by molar-refractivity contribution is 0.0736. The second-order valence-electron chi connectivity index (χ2n) is 6.98. The number of anilines is 1. The Morgan fingerprint density at radius 2 is 2.12 bits per heavy atom. The molecule has 1 N–H and O–H groups in total. The van der Waals surface area contributed by atoms with Gasteiger partial charge in [0.2, 0.25) is 0 Å². The van der Waals surface area contributed by atoms with Crippen molar-refractivity contribution in [1.82, 2.24) is 9.88 Å². The summed E-state index contributed by atoms with van der Waals surface area (Å²) in [5, 5.41) is 3.33. The molecule has 1 saturated carbocycles. The van der Waals surface area contributed by atoms with Crippen LogP contribution >= 0.6 is 0 Å². The molecule has 0 unspecified atom stereocenters. The van der Waals surface area contributed by atoms with Gasteiger partial charge in [0.1, 0.15) is 11.6 Å². The molecule has 0 spiro atoms. The predicted octanol–water partition coefficient (Wildman–Crippen LogP) is 3.64. The third kappa shape index (κ3) is 3.81. The molecule has 1 aromatic heterocycles. The van der Waals surface area contributed by atoms with Crippen molar-refractivity contribution in [3.8, 4) is 0 Å². The van der Waals surface area contributed by atoms with Gasteiger partial charge < -0.3 is 10.2 Å². The van der Waals surface area contributed by atoms with Gasteiger partial charge in [0.05, 0.1) is 5.56 Å². The van der Waals surface area contributed by atoms with Crippen LogP contribution in [-0.4, -0.2) is 34.4 Å². The van der Waals surface area contributed by atoms with Crippen molar-refractivity contribution in [2.75, 3.05) is 11.9 Å². The van der Waals surface area contributed by atoms with Crippen molar-refractivity contribution in [1.29, 1.82) is 0 Å². The van der Waals surface area contributed by atoms with Crippen molar-refractivity contribution < 1.29 is 9.18 Å². The fraction of sp³-hybridized carbons (Fsp3) is 0.400. The summed E-state index contributed by atoms with van der Waals surface area (Å²) < 4.78 is 13.4. The Kier molecular flexibility index (Phi) is 4.38. The first-order valence-electron chi connectivity index (χ1n) is 8.97. The number of carbonyl (C=O) groups excluding carboxylic acids is 1. The standard InChI is InChI=1S/C20H22FN3O/c21-16-4-1-3-14(11-16)12-18-5-2-10-24(18)20(25)15-6-9-19(22-13-15)23-17-7-8-17/h1,3-4,6,9,11,13,17-18H,2,5,7-8,10,12H2,(H,22,23)/t18-/m1/s1. The smallest absolute Gasteiger partial charge is 0.255 e. The molecule has 2 fully saturated rings. The molecule has 1 saturated heterocycles. The van der Waals surface area contributed by atoms with Crippen LogP contribution < -0.4 is 5.32 Å². The molecule has 1 atom stereocenters. The molecule has 2 aromatic rings. The minimum absolute atomic E-state index is 0.0179. The fourth-order valence-corrected chi connectivity index (χ4v) is 3.46. The Bertz CT molecular complexity index is 758. The molecule has 4 rings (SSSR count). The molecule has 130 valence electrons. The summed E-state index contributed by atoms with van der Waals surface area (Å²) in [6.07, 6.45) is 6.68. The molecule has 2 aliphatic rings. The van der Waals surface area contributed by atoms with Gasteiger partial charge in [-0.1, -0.05) is 12.1 Å². The van der Waals surface area contributed by atoms with Gasteiger partial charge in [0.25, 0.3) is 5.91 Å². The number of benzene rings is 1. The number of likely N-dealkylation sites (tertiary alicyclic amines) is 1. The van der Waals surface area contributed by atoms with E-state index in [0.29, 0.717) is 18.0 Å². The quantitative estimate of drug-likeness (QED) is 0.904. The molecular weight excluding hydrogens is 317 g/mol. The van der Waals surface area contributed by atoms with Gasteiger partial charge in [-0.3, -0.25) is 4.79 Å². The van der Waals surface area contributed by atoms with Gasteiger partial charge in [-0.2, -0.15) is 0 Å². The Morgan fingerprint density at radius 3 is 2.84 bits per heavy atom. The van der Waals surface area contributed by atoms with Crippen molar-refractivity contribution in [3.63, 3.8) is 0 Å². The second-order valence-corrected chi connectivity index (χ2v) is 6.98. The Morgan fingerprint density at radius 1 is 1.24 bits per heavy atom. The zero-order valence-electron chi connectivity index (χ0n) is 14.1. The van der Waals surface area contributed by atoms with E-state index < -0.39 is 0 Å². The monoisotopic (exact) mass is 339 g/mol. The maximum Gasteiger partial charge on any atom is 0.255 e. The number of halogens is 1. The maximum absolute atomic E-state index is 13.4. The number of hydrogen-bond donors (Lipinski definition) is 1. The molecule has 5 heteroatoms. The van der Waals surface area contributed by atoms with E-state index in [2.05, 4.69) is 10.3 Å². The number of pyridine rings is 1. The average molecular weight is 339 g/mol. The van der Waals surface area contributed by atoms with Gasteiger partial charge in [-0.15, -0.1) is 0 Å². The van der Waals surface area contributed by atoms with Crippen molar-refractivity contribution in [2.24, 2.45) is 0 Å². The van der Waals surface area contributed by atoms with Gasteiger partial charge in [0.15, 0.2) is 0 Å². The summed E-state index contributed by atoms with van der Waals surface area (Å²) in [7, 11) is 0. The van der Waals surface area contributed by atoms with Crippen molar-refractivity contribution in [3.05, 3.63) is 59.5 Å². The van der Waals surface area contributed by atoms with Gasteiger partial charge in [-0.05, 0) is 61.9 Å². The number of carbonyl (C=O) groups is 1. The van der Waals surface area contributed by atoms with E-state index in [1.165, 1.54) is 18.9 Å². The molecule has 25 heavy (non-hydrogen) atoms. The topological polar surface area (TPSA) is 45.2 Å². The third-order valence-corrected chi connectivity index (χ3v) is 4.94. The zero-order chi connectivity index (χ0) is 17.2. The van der Waals surface area contributed by atoms with Gasteiger partial charge in [-0.25, -0.2) is 9.37 Å². The maximum atomic E-state index is 13.4. The third-order valence-electron chi connectivity index (χ3n) is 4.94. The molecule has 1 amide bonds. The number of aromatic nitrogens is 1. The largest absolute Gasteiger partial charge is 0.367 e. The van der Waals surface area contributed by atoms with Crippen LogP contribution in [0.5, 0.6) is 0 Å². The highest BCUT2D eigenvalue weighted by atomic mass is 19.1. The van der Waals surface area contributed by atoms with Crippen LogP contribution in [0, 0.1) is 5.82 Å². The summed E-state index contributed by atoms with van der Waals surface area (Å²) in [5.74, 6) is 0.623. The van der Waals surface area contributed by atoms with Crippen LogP contribution in [0.1, 0.15) is 41.6 Å². The number of hydrogen-bond acceptors (Lipinski definition) is 3. The van der Waals surface area contributed by atoms with Crippen LogP contribution in [0.3, 0.4) is 0 Å². The predicted molar refractivity (Wildman–Crippen MR) is 95.0 cm³/mol. The summed E-state index contributed by atoms with van der Waals surface area (Å²) >= 11 is 0. The minimum Gasteiger partial charge on any atom is -0.367 e. The molecule has 1 aliphatic heterocycles. The van der Waals surface area contributed by atoms with E-state index in [-0.39, 0.29) is 17.8 Å².